The first-order chi connectivity index (χ1) is 8.65. The predicted octanol–water partition coefficient (Wildman–Crippen LogP) is 3.61. The van der Waals surface area contributed by atoms with Gasteiger partial charge in [-0.1, -0.05) is 26.7 Å². The van der Waals surface area contributed by atoms with E-state index in [0.29, 0.717) is 11.5 Å². The molecule has 0 N–H and O–H groups in total. The highest BCUT2D eigenvalue weighted by molar-refractivity contribution is 7.80. The molecule has 1 atom stereocenters. The second kappa shape index (κ2) is 8.44. The molecule has 2 nitrogen and oxygen atoms in total. The Hall–Kier alpha value is 0.270. The van der Waals surface area contributed by atoms with Gasteiger partial charge in [0.2, 0.25) is 0 Å². The summed E-state index contributed by atoms with van der Waals surface area (Å²) < 4.78 is 5.73. The van der Waals surface area contributed by atoms with Crippen molar-refractivity contribution in [2.45, 2.75) is 58.5 Å². The van der Waals surface area contributed by atoms with Crippen molar-refractivity contribution in [1.82, 2.24) is 4.90 Å². The Balaban J connectivity index is 2.46. The van der Waals surface area contributed by atoms with Crippen LogP contribution in [-0.2, 0) is 4.74 Å². The van der Waals surface area contributed by atoms with E-state index in [1.54, 1.807) is 0 Å². The summed E-state index contributed by atoms with van der Waals surface area (Å²) in [6.07, 6.45) is 8.04. The normalized spacial score (nSPS) is 20.8. The molecule has 1 aliphatic heterocycles. The minimum atomic E-state index is 0.403. The van der Waals surface area contributed by atoms with Crippen LogP contribution in [0.4, 0.5) is 0 Å². The number of likely N-dealkylation sites (N-methyl/N-ethyl adjacent to an activating group) is 1. The van der Waals surface area contributed by atoms with Crippen molar-refractivity contribution in [2.24, 2.45) is 5.41 Å². The van der Waals surface area contributed by atoms with Crippen molar-refractivity contribution in [3.63, 3.8) is 0 Å². The number of rotatable bonds is 9. The summed E-state index contributed by atoms with van der Waals surface area (Å²) in [6.45, 7) is 7.78. The Labute approximate surface area is 119 Å². The van der Waals surface area contributed by atoms with Crippen molar-refractivity contribution in [2.75, 3.05) is 32.5 Å². The van der Waals surface area contributed by atoms with Gasteiger partial charge in [0, 0.05) is 19.7 Å². The third-order valence-electron chi connectivity index (χ3n) is 4.04. The molecule has 1 fully saturated rings. The zero-order valence-electron chi connectivity index (χ0n) is 12.5. The van der Waals surface area contributed by atoms with Crippen LogP contribution in [0.2, 0.25) is 0 Å². The minimum Gasteiger partial charge on any atom is -0.377 e. The fourth-order valence-corrected chi connectivity index (χ4v) is 3.74. The van der Waals surface area contributed by atoms with Crippen LogP contribution in [0.5, 0.6) is 0 Å². The molecule has 0 spiro atoms. The van der Waals surface area contributed by atoms with Crippen molar-refractivity contribution in [1.29, 1.82) is 0 Å². The summed E-state index contributed by atoms with van der Waals surface area (Å²) in [5.41, 5.74) is 0.403. The van der Waals surface area contributed by atoms with E-state index in [-0.39, 0.29) is 0 Å². The molecular formula is C15H31NOS. The highest BCUT2D eigenvalue weighted by atomic mass is 32.1. The van der Waals surface area contributed by atoms with Crippen LogP contribution < -0.4 is 0 Å². The standard InChI is InChI=1S/C15H31NOS/c1-4-8-15(13-18,9-5-2)12-16(3)11-14-7-6-10-17-14/h14,18H,4-13H2,1-3H3. The Morgan fingerprint density at radius 1 is 1.28 bits per heavy atom. The van der Waals surface area contributed by atoms with E-state index >= 15 is 0 Å². The van der Waals surface area contributed by atoms with E-state index < -0.39 is 0 Å². The summed E-state index contributed by atoms with van der Waals surface area (Å²) >= 11 is 4.63. The third kappa shape index (κ3) is 5.10. The van der Waals surface area contributed by atoms with Gasteiger partial charge in [-0.05, 0) is 43.9 Å². The summed E-state index contributed by atoms with van der Waals surface area (Å²) in [5, 5.41) is 0. The van der Waals surface area contributed by atoms with Gasteiger partial charge in [-0.3, -0.25) is 0 Å². The summed E-state index contributed by atoms with van der Waals surface area (Å²) in [7, 11) is 2.24. The van der Waals surface area contributed by atoms with Gasteiger partial charge in [0.15, 0.2) is 0 Å². The Kier molecular flexibility index (Phi) is 7.66. The van der Waals surface area contributed by atoms with Crippen molar-refractivity contribution >= 4 is 12.6 Å². The quantitative estimate of drug-likeness (QED) is 0.644. The molecule has 0 aliphatic carbocycles. The molecule has 0 radical (unpaired) electrons. The molecular weight excluding hydrogens is 242 g/mol. The molecule has 108 valence electrons. The van der Waals surface area contributed by atoms with E-state index in [0.717, 1.165) is 25.4 Å². The van der Waals surface area contributed by atoms with Gasteiger partial charge in [0.25, 0.3) is 0 Å². The summed E-state index contributed by atoms with van der Waals surface area (Å²) in [6, 6.07) is 0. The lowest BCUT2D eigenvalue weighted by Gasteiger charge is -2.36. The van der Waals surface area contributed by atoms with Gasteiger partial charge < -0.3 is 9.64 Å². The molecule has 18 heavy (non-hydrogen) atoms. The van der Waals surface area contributed by atoms with Crippen LogP contribution >= 0.6 is 12.6 Å². The van der Waals surface area contributed by atoms with Crippen LogP contribution in [0.25, 0.3) is 0 Å². The van der Waals surface area contributed by atoms with Gasteiger partial charge >= 0.3 is 0 Å². The number of hydrogen-bond donors (Lipinski definition) is 1. The van der Waals surface area contributed by atoms with Crippen molar-refractivity contribution in [3.05, 3.63) is 0 Å². The molecule has 0 aromatic carbocycles. The Bertz CT molecular complexity index is 211. The fraction of sp³-hybridized carbons (Fsp3) is 1.00. The topological polar surface area (TPSA) is 12.5 Å². The number of nitrogens with zero attached hydrogens (tertiary/aromatic N) is 1. The lowest BCUT2D eigenvalue weighted by atomic mass is 9.80. The van der Waals surface area contributed by atoms with E-state index in [2.05, 4.69) is 38.4 Å². The van der Waals surface area contributed by atoms with E-state index in [1.807, 2.05) is 0 Å². The highest BCUT2D eigenvalue weighted by Crippen LogP contribution is 2.32. The minimum absolute atomic E-state index is 0.403. The highest BCUT2D eigenvalue weighted by Gasteiger charge is 2.29. The van der Waals surface area contributed by atoms with E-state index in [4.69, 9.17) is 4.74 Å². The largest absolute Gasteiger partial charge is 0.377 e. The number of hydrogen-bond acceptors (Lipinski definition) is 3. The fourth-order valence-electron chi connectivity index (χ4n) is 3.32. The molecule has 1 unspecified atom stereocenters. The van der Waals surface area contributed by atoms with Crippen LogP contribution in [-0.4, -0.2) is 43.5 Å². The van der Waals surface area contributed by atoms with Crippen molar-refractivity contribution < 1.29 is 4.74 Å². The summed E-state index contributed by atoms with van der Waals surface area (Å²) in [5.74, 6) is 1.00. The first-order valence-electron chi connectivity index (χ1n) is 7.57. The average Bonchev–Trinajstić information content (AvgIpc) is 2.82. The van der Waals surface area contributed by atoms with E-state index in [9.17, 15) is 0 Å². The van der Waals surface area contributed by atoms with E-state index in [1.165, 1.54) is 38.5 Å². The Morgan fingerprint density at radius 3 is 2.39 bits per heavy atom. The van der Waals surface area contributed by atoms with Crippen LogP contribution in [0.15, 0.2) is 0 Å². The number of thiol groups is 1. The van der Waals surface area contributed by atoms with Gasteiger partial charge in [0.05, 0.1) is 6.10 Å². The maximum Gasteiger partial charge on any atom is 0.0702 e. The summed E-state index contributed by atoms with van der Waals surface area (Å²) in [4.78, 5) is 2.47. The molecule has 1 heterocycles. The predicted molar refractivity (Wildman–Crippen MR) is 82.6 cm³/mol. The number of ether oxygens (including phenoxy) is 1. The van der Waals surface area contributed by atoms with Gasteiger partial charge in [-0.15, -0.1) is 0 Å². The zero-order chi connectivity index (χ0) is 13.4. The molecule has 1 aliphatic rings. The lowest BCUT2D eigenvalue weighted by molar-refractivity contribution is 0.0646. The second-order valence-corrected chi connectivity index (χ2v) is 6.31. The molecule has 0 aromatic rings. The lowest BCUT2D eigenvalue weighted by Crippen LogP contribution is -2.40. The van der Waals surface area contributed by atoms with Gasteiger partial charge in [-0.2, -0.15) is 12.6 Å². The molecule has 1 rings (SSSR count). The van der Waals surface area contributed by atoms with Crippen molar-refractivity contribution in [3.8, 4) is 0 Å². The van der Waals surface area contributed by atoms with Crippen LogP contribution in [0, 0.1) is 5.41 Å². The second-order valence-electron chi connectivity index (χ2n) is 5.99. The molecule has 0 bridgehead atoms. The average molecular weight is 273 g/mol. The SMILES string of the molecule is CCCC(CS)(CCC)CN(C)CC1CCCO1. The first-order valence-corrected chi connectivity index (χ1v) is 8.20. The monoisotopic (exact) mass is 273 g/mol. The molecule has 1 saturated heterocycles. The van der Waals surface area contributed by atoms with Crippen LogP contribution in [0.1, 0.15) is 52.4 Å². The zero-order valence-corrected chi connectivity index (χ0v) is 13.3. The third-order valence-corrected chi connectivity index (χ3v) is 4.71. The molecule has 0 amide bonds. The Morgan fingerprint density at radius 2 is 1.94 bits per heavy atom. The molecule has 0 aromatic heterocycles. The maximum absolute atomic E-state index is 5.73. The maximum atomic E-state index is 5.73. The first kappa shape index (κ1) is 16.3. The van der Waals surface area contributed by atoms with Gasteiger partial charge in [0.1, 0.15) is 0 Å². The molecule has 0 saturated carbocycles. The van der Waals surface area contributed by atoms with Crippen LogP contribution in [0.3, 0.4) is 0 Å². The molecule has 3 heteroatoms. The van der Waals surface area contributed by atoms with Gasteiger partial charge in [-0.25, -0.2) is 0 Å². The smallest absolute Gasteiger partial charge is 0.0702 e.